The molecule has 1 aliphatic rings. The topological polar surface area (TPSA) is 54.3 Å². The van der Waals surface area contributed by atoms with Crippen LogP contribution in [-0.4, -0.2) is 25.0 Å². The molecule has 3 aromatic rings. The molecule has 140 valence electrons. The fraction of sp³-hybridized carbons (Fsp3) is 0.286. The van der Waals surface area contributed by atoms with E-state index in [9.17, 15) is 9.18 Å². The number of rotatable bonds is 5. The molecule has 4 rings (SSSR count). The maximum atomic E-state index is 13.1. The van der Waals surface area contributed by atoms with E-state index in [1.807, 2.05) is 24.3 Å². The van der Waals surface area contributed by atoms with Crippen LogP contribution in [0.1, 0.15) is 29.0 Å². The Labute approximate surface area is 161 Å². The van der Waals surface area contributed by atoms with E-state index in [-0.39, 0.29) is 17.8 Å². The second-order valence-electron chi connectivity index (χ2n) is 6.65. The van der Waals surface area contributed by atoms with Crippen LogP contribution in [0.15, 0.2) is 57.8 Å². The average Bonchev–Trinajstić information content (AvgIpc) is 3.07. The van der Waals surface area contributed by atoms with Gasteiger partial charge in [0.05, 0.1) is 0 Å². The first-order chi connectivity index (χ1) is 13.2. The molecule has 0 bridgehead atoms. The van der Waals surface area contributed by atoms with E-state index in [0.717, 1.165) is 41.8 Å². The van der Waals surface area contributed by atoms with Gasteiger partial charge < -0.3 is 15.1 Å². The number of amides is 1. The second-order valence-corrected chi connectivity index (χ2v) is 7.69. The zero-order valence-corrected chi connectivity index (χ0v) is 15.7. The van der Waals surface area contributed by atoms with Crippen molar-refractivity contribution < 1.29 is 13.6 Å². The van der Waals surface area contributed by atoms with Gasteiger partial charge in [-0.05, 0) is 56.3 Å². The third-order valence-electron chi connectivity index (χ3n) is 4.78. The highest BCUT2D eigenvalue weighted by atomic mass is 32.2. The molecule has 4 nitrogen and oxygen atoms in total. The van der Waals surface area contributed by atoms with Crippen LogP contribution >= 0.6 is 11.8 Å². The Morgan fingerprint density at radius 1 is 1.15 bits per heavy atom. The molecule has 6 heteroatoms. The fourth-order valence-corrected chi connectivity index (χ4v) is 4.26. The zero-order chi connectivity index (χ0) is 18.6. The van der Waals surface area contributed by atoms with Crippen molar-refractivity contribution in [1.82, 2.24) is 10.6 Å². The van der Waals surface area contributed by atoms with Gasteiger partial charge in [0.15, 0.2) is 5.76 Å². The van der Waals surface area contributed by atoms with Crippen molar-refractivity contribution in [1.29, 1.82) is 0 Å². The van der Waals surface area contributed by atoms with Gasteiger partial charge in [0.2, 0.25) is 0 Å². The summed E-state index contributed by atoms with van der Waals surface area (Å²) in [6, 6.07) is 14.2. The number of nitrogens with one attached hydrogen (secondary N) is 2. The molecule has 1 aromatic heterocycles. The minimum atomic E-state index is -0.254. The number of piperidine rings is 1. The summed E-state index contributed by atoms with van der Waals surface area (Å²) < 4.78 is 19.0. The van der Waals surface area contributed by atoms with E-state index in [0.29, 0.717) is 17.1 Å². The number of halogens is 1. The maximum absolute atomic E-state index is 13.1. The summed E-state index contributed by atoms with van der Waals surface area (Å²) in [7, 11) is 0. The number of fused-ring (bicyclic) bond motifs is 1. The molecule has 0 aliphatic carbocycles. The summed E-state index contributed by atoms with van der Waals surface area (Å²) in [6.45, 7) is 1.83. The number of para-hydroxylation sites is 1. The second kappa shape index (κ2) is 8.15. The predicted molar refractivity (Wildman–Crippen MR) is 106 cm³/mol. The lowest BCUT2D eigenvalue weighted by Gasteiger charge is -2.23. The largest absolute Gasteiger partial charge is 0.451 e. The van der Waals surface area contributed by atoms with E-state index < -0.39 is 0 Å². The van der Waals surface area contributed by atoms with Gasteiger partial charge in [0.1, 0.15) is 11.4 Å². The molecule has 0 radical (unpaired) electrons. The van der Waals surface area contributed by atoms with E-state index in [1.54, 1.807) is 23.9 Å². The number of carbonyl (C=O) groups excluding carboxylic acids is 1. The van der Waals surface area contributed by atoms with Gasteiger partial charge in [-0.3, -0.25) is 4.79 Å². The Bertz CT molecular complexity index is 933. The van der Waals surface area contributed by atoms with Crippen LogP contribution in [-0.2, 0) is 5.75 Å². The van der Waals surface area contributed by atoms with Crippen molar-refractivity contribution >= 4 is 28.6 Å². The van der Waals surface area contributed by atoms with Gasteiger partial charge in [-0.15, -0.1) is 11.8 Å². The molecule has 2 aromatic carbocycles. The van der Waals surface area contributed by atoms with Crippen molar-refractivity contribution in [3.8, 4) is 0 Å². The minimum absolute atomic E-state index is 0.159. The quantitative estimate of drug-likeness (QED) is 0.643. The van der Waals surface area contributed by atoms with Crippen LogP contribution in [0.4, 0.5) is 4.39 Å². The van der Waals surface area contributed by atoms with E-state index in [1.165, 1.54) is 12.1 Å². The standard InChI is InChI=1S/C21H21FN2O2S/c22-14-5-7-16(8-6-14)27-13-18-17-3-1-2-4-19(17)26-20(18)21(25)24-15-9-11-23-12-10-15/h1-8,15,23H,9-13H2,(H,24,25). The first kappa shape index (κ1) is 18.1. The lowest BCUT2D eigenvalue weighted by Crippen LogP contribution is -2.42. The molecular weight excluding hydrogens is 363 g/mol. The number of carbonyl (C=O) groups is 1. The van der Waals surface area contributed by atoms with Crippen LogP contribution < -0.4 is 10.6 Å². The number of hydrogen-bond donors (Lipinski definition) is 2. The van der Waals surface area contributed by atoms with E-state index in [4.69, 9.17) is 4.42 Å². The summed E-state index contributed by atoms with van der Waals surface area (Å²) in [6.07, 6.45) is 1.84. The van der Waals surface area contributed by atoms with Gasteiger partial charge in [-0.1, -0.05) is 18.2 Å². The number of thioether (sulfide) groups is 1. The Morgan fingerprint density at radius 3 is 2.67 bits per heavy atom. The molecule has 1 aliphatic heterocycles. The monoisotopic (exact) mass is 384 g/mol. The van der Waals surface area contributed by atoms with Gasteiger partial charge in [0.25, 0.3) is 5.91 Å². The van der Waals surface area contributed by atoms with Crippen LogP contribution in [0, 0.1) is 5.82 Å². The molecular formula is C21H21FN2O2S. The summed E-state index contributed by atoms with van der Waals surface area (Å²) in [5.41, 5.74) is 1.59. The smallest absolute Gasteiger partial charge is 0.287 e. The molecule has 1 amide bonds. The van der Waals surface area contributed by atoms with Crippen LogP contribution in [0.3, 0.4) is 0 Å². The van der Waals surface area contributed by atoms with Crippen molar-refractivity contribution in [2.24, 2.45) is 0 Å². The van der Waals surface area contributed by atoms with Crippen molar-refractivity contribution in [3.05, 3.63) is 65.7 Å². The highest BCUT2D eigenvalue weighted by molar-refractivity contribution is 7.98. The van der Waals surface area contributed by atoms with Gasteiger partial charge in [-0.2, -0.15) is 0 Å². The summed E-state index contributed by atoms with van der Waals surface area (Å²) in [5, 5.41) is 7.36. The zero-order valence-electron chi connectivity index (χ0n) is 14.8. The molecule has 2 N–H and O–H groups in total. The average molecular weight is 384 g/mol. The molecule has 0 unspecified atom stereocenters. The number of furan rings is 1. The van der Waals surface area contributed by atoms with Crippen molar-refractivity contribution in [2.75, 3.05) is 13.1 Å². The van der Waals surface area contributed by atoms with Crippen LogP contribution in [0.2, 0.25) is 0 Å². The lowest BCUT2D eigenvalue weighted by atomic mass is 10.1. The molecule has 0 atom stereocenters. The Morgan fingerprint density at radius 2 is 1.89 bits per heavy atom. The highest BCUT2D eigenvalue weighted by Crippen LogP contribution is 2.32. The maximum Gasteiger partial charge on any atom is 0.287 e. The molecule has 2 heterocycles. The third-order valence-corrected chi connectivity index (χ3v) is 5.81. The van der Waals surface area contributed by atoms with Gasteiger partial charge in [-0.25, -0.2) is 4.39 Å². The highest BCUT2D eigenvalue weighted by Gasteiger charge is 2.23. The van der Waals surface area contributed by atoms with Crippen molar-refractivity contribution in [3.63, 3.8) is 0 Å². The molecule has 0 spiro atoms. The first-order valence-electron chi connectivity index (χ1n) is 9.11. The third kappa shape index (κ3) is 4.17. The molecule has 1 saturated heterocycles. The van der Waals surface area contributed by atoms with Gasteiger partial charge >= 0.3 is 0 Å². The Hall–Kier alpha value is -2.31. The number of benzene rings is 2. The summed E-state index contributed by atoms with van der Waals surface area (Å²) >= 11 is 1.56. The lowest BCUT2D eigenvalue weighted by molar-refractivity contribution is 0.0902. The number of hydrogen-bond acceptors (Lipinski definition) is 4. The SMILES string of the molecule is O=C(NC1CCNCC1)c1oc2ccccc2c1CSc1ccc(F)cc1. The Kier molecular flexibility index (Phi) is 5.45. The Balaban J connectivity index is 1.58. The summed E-state index contributed by atoms with van der Waals surface area (Å²) in [4.78, 5) is 13.8. The summed E-state index contributed by atoms with van der Waals surface area (Å²) in [5.74, 6) is 0.546. The van der Waals surface area contributed by atoms with Gasteiger partial charge in [0, 0.05) is 27.6 Å². The molecule has 27 heavy (non-hydrogen) atoms. The minimum Gasteiger partial charge on any atom is -0.451 e. The molecule has 1 fully saturated rings. The van der Waals surface area contributed by atoms with E-state index >= 15 is 0 Å². The molecule has 0 saturated carbocycles. The predicted octanol–water partition coefficient (Wildman–Crippen LogP) is 4.35. The fourth-order valence-electron chi connectivity index (χ4n) is 3.33. The first-order valence-corrected chi connectivity index (χ1v) is 10.1. The normalized spacial score (nSPS) is 15.1. The van der Waals surface area contributed by atoms with Crippen molar-refractivity contribution in [2.45, 2.75) is 29.5 Å². The van der Waals surface area contributed by atoms with Crippen LogP contribution in [0.5, 0.6) is 0 Å². The van der Waals surface area contributed by atoms with E-state index in [2.05, 4.69) is 10.6 Å². The van der Waals surface area contributed by atoms with Crippen LogP contribution in [0.25, 0.3) is 11.0 Å².